The molecule has 0 fully saturated rings. The number of rotatable bonds is 7. The normalized spacial score (nSPS) is 11.0. The first-order valence-electron chi connectivity index (χ1n) is 6.26. The van der Waals surface area contributed by atoms with E-state index in [0.29, 0.717) is 19.6 Å². The zero-order chi connectivity index (χ0) is 15.7. The van der Waals surface area contributed by atoms with Crippen LogP contribution in [-0.4, -0.2) is 32.7 Å². The highest BCUT2D eigenvalue weighted by molar-refractivity contribution is 5.73. The smallest absolute Gasteiger partial charge is 0.405 e. The Bertz CT molecular complexity index is 453. The number of benzene rings is 1. The Morgan fingerprint density at radius 3 is 2.62 bits per heavy atom. The van der Waals surface area contributed by atoms with Crippen LogP contribution < -0.4 is 15.4 Å². The van der Waals surface area contributed by atoms with Gasteiger partial charge in [0, 0.05) is 32.4 Å². The maximum Gasteiger partial charge on any atom is 0.573 e. The minimum Gasteiger partial charge on any atom is -0.405 e. The summed E-state index contributed by atoms with van der Waals surface area (Å²) >= 11 is 0. The van der Waals surface area contributed by atoms with Crippen molar-refractivity contribution in [3.05, 3.63) is 29.8 Å². The van der Waals surface area contributed by atoms with E-state index in [-0.39, 0.29) is 17.9 Å². The van der Waals surface area contributed by atoms with E-state index >= 15 is 0 Å². The van der Waals surface area contributed by atoms with E-state index in [2.05, 4.69) is 15.4 Å². The average Bonchev–Trinajstić information content (AvgIpc) is 2.41. The van der Waals surface area contributed by atoms with Gasteiger partial charge >= 0.3 is 12.4 Å². The van der Waals surface area contributed by atoms with Crippen molar-refractivity contribution >= 4 is 6.03 Å². The van der Waals surface area contributed by atoms with Gasteiger partial charge in [0.2, 0.25) is 0 Å². The second kappa shape index (κ2) is 8.35. The van der Waals surface area contributed by atoms with Gasteiger partial charge in [-0.3, -0.25) is 0 Å². The second-order valence-corrected chi connectivity index (χ2v) is 4.11. The molecule has 0 aromatic heterocycles. The van der Waals surface area contributed by atoms with Crippen LogP contribution >= 0.6 is 0 Å². The van der Waals surface area contributed by atoms with E-state index < -0.39 is 12.4 Å². The number of para-hydroxylation sites is 1. The number of carbonyl (C=O) groups is 1. The van der Waals surface area contributed by atoms with Crippen molar-refractivity contribution in [2.24, 2.45) is 0 Å². The largest absolute Gasteiger partial charge is 0.573 e. The summed E-state index contributed by atoms with van der Waals surface area (Å²) in [5, 5.41) is 5.03. The maximum atomic E-state index is 12.2. The maximum absolute atomic E-state index is 12.2. The monoisotopic (exact) mass is 306 g/mol. The third-order valence-electron chi connectivity index (χ3n) is 2.45. The summed E-state index contributed by atoms with van der Waals surface area (Å²) < 4.78 is 45.4. The molecular weight excluding hydrogens is 289 g/mol. The molecule has 0 unspecified atom stereocenters. The quantitative estimate of drug-likeness (QED) is 0.761. The first kappa shape index (κ1) is 17.1. The van der Waals surface area contributed by atoms with Crippen LogP contribution in [-0.2, 0) is 11.3 Å². The Hall–Kier alpha value is -1.96. The standard InChI is InChI=1S/C13H17F3N2O3/c1-20-8-4-7-17-12(19)18-9-10-5-2-3-6-11(10)21-13(14,15)16/h2-3,5-6H,4,7-9H2,1H3,(H2,17,18,19). The number of hydrogen-bond donors (Lipinski definition) is 2. The lowest BCUT2D eigenvalue weighted by Crippen LogP contribution is -2.36. The Balaban J connectivity index is 2.46. The number of ether oxygens (including phenoxy) is 2. The van der Waals surface area contributed by atoms with Crippen LogP contribution in [0.3, 0.4) is 0 Å². The zero-order valence-corrected chi connectivity index (χ0v) is 11.5. The third kappa shape index (κ3) is 7.40. The summed E-state index contributed by atoms with van der Waals surface area (Å²) in [5.41, 5.74) is 0.238. The molecule has 2 amide bonds. The van der Waals surface area contributed by atoms with E-state index in [1.165, 1.54) is 18.2 Å². The summed E-state index contributed by atoms with van der Waals surface area (Å²) in [6.45, 7) is 0.866. The van der Waals surface area contributed by atoms with Crippen molar-refractivity contribution in [2.75, 3.05) is 20.3 Å². The number of amides is 2. The molecule has 0 bridgehead atoms. The molecular formula is C13H17F3N2O3. The fourth-order valence-corrected chi connectivity index (χ4v) is 1.53. The molecule has 2 N–H and O–H groups in total. The molecule has 1 aromatic rings. The number of nitrogens with one attached hydrogen (secondary N) is 2. The van der Waals surface area contributed by atoms with Crippen molar-refractivity contribution < 1.29 is 27.4 Å². The Morgan fingerprint density at radius 1 is 1.24 bits per heavy atom. The van der Waals surface area contributed by atoms with Crippen molar-refractivity contribution in [3.8, 4) is 5.75 Å². The Kier molecular flexibility index (Phi) is 6.80. The summed E-state index contributed by atoms with van der Waals surface area (Å²) in [6.07, 6.45) is -4.11. The van der Waals surface area contributed by atoms with Gasteiger partial charge in [-0.15, -0.1) is 13.2 Å². The zero-order valence-electron chi connectivity index (χ0n) is 11.5. The van der Waals surface area contributed by atoms with Crippen LogP contribution in [0.2, 0.25) is 0 Å². The highest BCUT2D eigenvalue weighted by Crippen LogP contribution is 2.25. The predicted octanol–water partition coefficient (Wildman–Crippen LogP) is 2.42. The van der Waals surface area contributed by atoms with Crippen LogP contribution in [0.4, 0.5) is 18.0 Å². The van der Waals surface area contributed by atoms with E-state index in [1.807, 2.05) is 0 Å². The van der Waals surface area contributed by atoms with Crippen LogP contribution in [0.15, 0.2) is 24.3 Å². The fourth-order valence-electron chi connectivity index (χ4n) is 1.53. The molecule has 0 aliphatic carbocycles. The van der Waals surface area contributed by atoms with Crippen molar-refractivity contribution in [1.82, 2.24) is 10.6 Å². The summed E-state index contributed by atoms with van der Waals surface area (Å²) in [4.78, 5) is 11.4. The molecule has 1 rings (SSSR count). The summed E-state index contributed by atoms with van der Waals surface area (Å²) in [7, 11) is 1.55. The number of methoxy groups -OCH3 is 1. The predicted molar refractivity (Wildman–Crippen MR) is 69.9 cm³/mol. The molecule has 0 aliphatic heterocycles. The van der Waals surface area contributed by atoms with Gasteiger partial charge < -0.3 is 20.1 Å². The molecule has 0 spiro atoms. The number of hydrogen-bond acceptors (Lipinski definition) is 3. The molecule has 1 aromatic carbocycles. The van der Waals surface area contributed by atoms with Gasteiger partial charge in [-0.05, 0) is 12.5 Å². The number of alkyl halides is 3. The molecule has 5 nitrogen and oxygen atoms in total. The SMILES string of the molecule is COCCCNC(=O)NCc1ccccc1OC(F)(F)F. The lowest BCUT2D eigenvalue weighted by molar-refractivity contribution is -0.274. The molecule has 118 valence electrons. The van der Waals surface area contributed by atoms with Crippen molar-refractivity contribution in [1.29, 1.82) is 0 Å². The summed E-state index contributed by atoms with van der Waals surface area (Å²) in [5.74, 6) is -0.329. The fraction of sp³-hybridized carbons (Fsp3) is 0.462. The first-order valence-corrected chi connectivity index (χ1v) is 6.26. The molecule has 0 saturated heterocycles. The lowest BCUT2D eigenvalue weighted by atomic mass is 10.2. The molecule has 0 heterocycles. The first-order chi connectivity index (χ1) is 9.92. The Labute approximate surface area is 120 Å². The van der Waals surface area contributed by atoms with Gasteiger partial charge in [0.25, 0.3) is 0 Å². The molecule has 8 heteroatoms. The number of carbonyl (C=O) groups excluding carboxylic acids is 1. The van der Waals surface area contributed by atoms with Gasteiger partial charge in [0.1, 0.15) is 5.75 Å². The Morgan fingerprint density at radius 2 is 1.95 bits per heavy atom. The number of halogens is 3. The molecule has 0 aliphatic rings. The van der Waals surface area contributed by atoms with E-state index in [1.54, 1.807) is 13.2 Å². The highest BCUT2D eigenvalue weighted by atomic mass is 19.4. The van der Waals surface area contributed by atoms with E-state index in [0.717, 1.165) is 0 Å². The van der Waals surface area contributed by atoms with Gasteiger partial charge in [-0.25, -0.2) is 4.79 Å². The van der Waals surface area contributed by atoms with E-state index in [9.17, 15) is 18.0 Å². The topological polar surface area (TPSA) is 59.6 Å². The van der Waals surface area contributed by atoms with E-state index in [4.69, 9.17) is 4.74 Å². The molecule has 0 radical (unpaired) electrons. The van der Waals surface area contributed by atoms with Crippen LogP contribution in [0.25, 0.3) is 0 Å². The highest BCUT2D eigenvalue weighted by Gasteiger charge is 2.31. The van der Waals surface area contributed by atoms with Gasteiger partial charge in [-0.2, -0.15) is 0 Å². The average molecular weight is 306 g/mol. The minimum atomic E-state index is -4.77. The van der Waals surface area contributed by atoms with Crippen molar-refractivity contribution in [3.63, 3.8) is 0 Å². The van der Waals surface area contributed by atoms with Crippen LogP contribution in [0, 0.1) is 0 Å². The van der Waals surface area contributed by atoms with Gasteiger partial charge in [-0.1, -0.05) is 18.2 Å². The van der Waals surface area contributed by atoms with Gasteiger partial charge in [0.15, 0.2) is 0 Å². The van der Waals surface area contributed by atoms with Crippen LogP contribution in [0.1, 0.15) is 12.0 Å². The molecule has 21 heavy (non-hydrogen) atoms. The van der Waals surface area contributed by atoms with Gasteiger partial charge in [0.05, 0.1) is 0 Å². The summed E-state index contributed by atoms with van der Waals surface area (Å²) in [6, 6.07) is 5.17. The second-order valence-electron chi connectivity index (χ2n) is 4.11. The van der Waals surface area contributed by atoms with Crippen LogP contribution in [0.5, 0.6) is 5.75 Å². The third-order valence-corrected chi connectivity index (χ3v) is 2.45. The lowest BCUT2D eigenvalue weighted by Gasteiger charge is -2.13. The molecule has 0 saturated carbocycles. The minimum absolute atomic E-state index is 0.0671. The molecule has 0 atom stereocenters. The van der Waals surface area contributed by atoms with Crippen molar-refractivity contribution in [2.45, 2.75) is 19.3 Å². The number of urea groups is 1.